The first kappa shape index (κ1) is 14.2. The number of aryl methyl sites for hydroxylation is 1. The number of aromatic nitrogens is 2. The predicted octanol–water partition coefficient (Wildman–Crippen LogP) is 0.987. The van der Waals surface area contributed by atoms with Gasteiger partial charge in [-0.15, -0.1) is 0 Å². The molecule has 5 nitrogen and oxygen atoms in total. The second-order valence-corrected chi connectivity index (χ2v) is 6.54. The van der Waals surface area contributed by atoms with Gasteiger partial charge in [-0.2, -0.15) is 0 Å². The Bertz CT molecular complexity index is 453. The first-order valence-corrected chi connectivity index (χ1v) is 7.80. The van der Waals surface area contributed by atoms with E-state index >= 15 is 0 Å². The van der Waals surface area contributed by atoms with Crippen LogP contribution in [0.4, 0.5) is 0 Å². The highest BCUT2D eigenvalue weighted by molar-refractivity contribution is 7.91. The monoisotopic (exact) mass is 259 g/mol. The summed E-state index contributed by atoms with van der Waals surface area (Å²) in [5.41, 5.74) is 0. The summed E-state index contributed by atoms with van der Waals surface area (Å²) in [6.07, 6.45) is 4.84. The van der Waals surface area contributed by atoms with Gasteiger partial charge in [0.25, 0.3) is 0 Å². The van der Waals surface area contributed by atoms with Crippen LogP contribution in [0.3, 0.4) is 0 Å². The van der Waals surface area contributed by atoms with Gasteiger partial charge in [-0.05, 0) is 20.4 Å². The first-order valence-electron chi connectivity index (χ1n) is 5.85. The molecular formula is C11H21N3O2S. The van der Waals surface area contributed by atoms with Crippen LogP contribution in [0.15, 0.2) is 12.4 Å². The van der Waals surface area contributed by atoms with Crippen molar-refractivity contribution in [2.45, 2.75) is 38.6 Å². The van der Waals surface area contributed by atoms with Crippen LogP contribution in [0.1, 0.15) is 32.6 Å². The van der Waals surface area contributed by atoms with Crippen LogP contribution in [0.25, 0.3) is 0 Å². The van der Waals surface area contributed by atoms with Crippen molar-refractivity contribution in [2.75, 3.05) is 12.8 Å². The van der Waals surface area contributed by atoms with Crippen molar-refractivity contribution in [1.82, 2.24) is 14.9 Å². The smallest absolute Gasteiger partial charge is 0.152 e. The second kappa shape index (κ2) is 5.64. The van der Waals surface area contributed by atoms with Gasteiger partial charge in [0.05, 0.1) is 11.3 Å². The van der Waals surface area contributed by atoms with Crippen molar-refractivity contribution < 1.29 is 8.42 Å². The quantitative estimate of drug-likeness (QED) is 0.827. The van der Waals surface area contributed by atoms with Crippen LogP contribution in [0, 0.1) is 0 Å². The fourth-order valence-electron chi connectivity index (χ4n) is 1.80. The van der Waals surface area contributed by atoms with Gasteiger partial charge in [0.15, 0.2) is 9.84 Å². The number of sulfone groups is 1. The maximum Gasteiger partial charge on any atom is 0.152 e. The molecule has 0 aliphatic heterocycles. The van der Waals surface area contributed by atoms with E-state index in [-0.39, 0.29) is 6.04 Å². The molecule has 1 rings (SSSR count). The molecule has 1 aromatic rings. The summed E-state index contributed by atoms with van der Waals surface area (Å²) in [5, 5.41) is 2.71. The third-order valence-electron chi connectivity index (χ3n) is 2.94. The molecule has 1 heterocycles. The van der Waals surface area contributed by atoms with Gasteiger partial charge in [0.1, 0.15) is 5.82 Å². The van der Waals surface area contributed by atoms with E-state index in [0.29, 0.717) is 6.54 Å². The molecule has 98 valence electrons. The molecule has 1 N–H and O–H groups in total. The highest BCUT2D eigenvalue weighted by atomic mass is 32.2. The minimum absolute atomic E-state index is 0.259. The van der Waals surface area contributed by atoms with E-state index in [9.17, 15) is 8.42 Å². The van der Waals surface area contributed by atoms with Crippen LogP contribution < -0.4 is 5.32 Å². The van der Waals surface area contributed by atoms with Gasteiger partial charge in [-0.1, -0.05) is 6.92 Å². The Labute approximate surface area is 103 Å². The van der Waals surface area contributed by atoms with Crippen LogP contribution in [-0.2, 0) is 16.4 Å². The summed E-state index contributed by atoms with van der Waals surface area (Å²) in [5.74, 6) is 0.785. The number of hydrogen-bond donors (Lipinski definition) is 1. The van der Waals surface area contributed by atoms with Crippen molar-refractivity contribution in [2.24, 2.45) is 0 Å². The van der Waals surface area contributed by atoms with E-state index in [4.69, 9.17) is 0 Å². The molecule has 0 fully saturated rings. The average Bonchev–Trinajstić information content (AvgIpc) is 2.71. The van der Waals surface area contributed by atoms with Crippen LogP contribution in [0.2, 0.25) is 0 Å². The molecule has 1 aromatic heterocycles. The molecule has 0 aromatic carbocycles. The average molecular weight is 259 g/mol. The molecule has 2 atom stereocenters. The van der Waals surface area contributed by atoms with Crippen LogP contribution in [-0.4, -0.2) is 36.0 Å². The molecule has 2 unspecified atom stereocenters. The number of nitrogens with zero attached hydrogens (tertiary/aromatic N) is 2. The molecule has 17 heavy (non-hydrogen) atoms. The number of nitrogens with one attached hydrogen (secondary N) is 1. The van der Waals surface area contributed by atoms with Gasteiger partial charge in [-0.3, -0.25) is 0 Å². The van der Waals surface area contributed by atoms with Gasteiger partial charge in [-0.25, -0.2) is 13.4 Å². The van der Waals surface area contributed by atoms with Crippen LogP contribution in [0.5, 0.6) is 0 Å². The Hall–Kier alpha value is -0.880. The largest absolute Gasteiger partial charge is 0.334 e. The van der Waals surface area contributed by atoms with Crippen molar-refractivity contribution >= 4 is 9.84 Å². The van der Waals surface area contributed by atoms with Crippen LogP contribution >= 0.6 is 0 Å². The lowest BCUT2D eigenvalue weighted by Crippen LogP contribution is -2.36. The first-order chi connectivity index (χ1) is 7.91. The second-order valence-electron chi connectivity index (χ2n) is 4.14. The summed E-state index contributed by atoms with van der Waals surface area (Å²) in [6.45, 7) is 7.19. The molecule has 0 saturated carbocycles. The maximum absolute atomic E-state index is 11.7. The summed E-state index contributed by atoms with van der Waals surface area (Å²) >= 11 is 0. The predicted molar refractivity (Wildman–Crippen MR) is 68.6 cm³/mol. The van der Waals surface area contributed by atoms with Gasteiger partial charge < -0.3 is 9.88 Å². The zero-order chi connectivity index (χ0) is 13.1. The highest BCUT2D eigenvalue weighted by Gasteiger charge is 2.29. The molecular weight excluding hydrogens is 238 g/mol. The van der Waals surface area contributed by atoms with Gasteiger partial charge >= 0.3 is 0 Å². The van der Waals surface area contributed by atoms with Crippen molar-refractivity contribution in [3.8, 4) is 0 Å². The van der Waals surface area contributed by atoms with Crippen molar-refractivity contribution in [3.63, 3.8) is 0 Å². The minimum Gasteiger partial charge on any atom is -0.334 e. The third-order valence-corrected chi connectivity index (χ3v) is 4.56. The maximum atomic E-state index is 11.7. The van der Waals surface area contributed by atoms with E-state index in [1.165, 1.54) is 6.26 Å². The Balaban J connectivity index is 3.09. The van der Waals surface area contributed by atoms with E-state index in [2.05, 4.69) is 10.3 Å². The zero-order valence-corrected chi connectivity index (χ0v) is 11.7. The molecule has 0 aliphatic carbocycles. The Kier molecular flexibility index (Phi) is 4.70. The Morgan fingerprint density at radius 2 is 2.12 bits per heavy atom. The topological polar surface area (TPSA) is 64.0 Å². The van der Waals surface area contributed by atoms with E-state index < -0.39 is 15.1 Å². The molecule has 6 heteroatoms. The molecule has 0 spiro atoms. The fourth-order valence-corrected chi connectivity index (χ4v) is 2.51. The molecule has 0 amide bonds. The van der Waals surface area contributed by atoms with E-state index in [1.54, 1.807) is 13.1 Å². The summed E-state index contributed by atoms with van der Waals surface area (Å²) in [7, 11) is -3.09. The zero-order valence-electron chi connectivity index (χ0n) is 10.8. The Morgan fingerprint density at radius 1 is 1.47 bits per heavy atom. The lowest BCUT2D eigenvalue weighted by Gasteiger charge is -2.23. The lowest BCUT2D eigenvalue weighted by atomic mass is 10.2. The number of hydrogen-bond acceptors (Lipinski definition) is 4. The summed E-state index contributed by atoms with van der Waals surface area (Å²) < 4.78 is 25.3. The van der Waals surface area contributed by atoms with Gasteiger partial charge in [0.2, 0.25) is 0 Å². The fraction of sp³-hybridized carbons (Fsp3) is 0.727. The minimum atomic E-state index is -3.09. The van der Waals surface area contributed by atoms with Gasteiger partial charge in [0, 0.05) is 25.2 Å². The van der Waals surface area contributed by atoms with Crippen molar-refractivity contribution in [1.29, 1.82) is 0 Å². The molecule has 0 bridgehead atoms. The summed E-state index contributed by atoms with van der Waals surface area (Å²) in [4.78, 5) is 4.28. The van der Waals surface area contributed by atoms with E-state index in [1.807, 2.05) is 24.6 Å². The standard InChI is InChI=1S/C11H21N3O2S/c1-5-12-10(9(3)17(4,15)16)11-13-7-8-14(11)6-2/h7-10,12H,5-6H2,1-4H3. The van der Waals surface area contributed by atoms with Crippen molar-refractivity contribution in [3.05, 3.63) is 18.2 Å². The molecule has 0 aliphatic rings. The Morgan fingerprint density at radius 3 is 2.59 bits per heavy atom. The SMILES string of the molecule is CCNC(c1nccn1CC)C(C)S(C)(=O)=O. The molecule has 0 radical (unpaired) electrons. The normalized spacial score (nSPS) is 15.8. The third kappa shape index (κ3) is 3.29. The highest BCUT2D eigenvalue weighted by Crippen LogP contribution is 2.20. The summed E-state index contributed by atoms with van der Waals surface area (Å²) in [6, 6.07) is -0.259. The number of rotatable bonds is 6. The lowest BCUT2D eigenvalue weighted by molar-refractivity contribution is 0.474. The number of imidazole rings is 1. The molecule has 0 saturated heterocycles. The van der Waals surface area contributed by atoms with E-state index in [0.717, 1.165) is 12.4 Å².